The van der Waals surface area contributed by atoms with Crippen molar-refractivity contribution in [1.29, 1.82) is 0 Å². The summed E-state index contributed by atoms with van der Waals surface area (Å²) in [6.07, 6.45) is 6.29. The van der Waals surface area contributed by atoms with Crippen molar-refractivity contribution < 1.29 is 19.0 Å². The van der Waals surface area contributed by atoms with E-state index in [1.54, 1.807) is 51.7 Å². The number of likely N-dealkylation sites (N-methyl/N-ethyl adjacent to an activating group) is 1. The molecule has 1 heterocycles. The highest BCUT2D eigenvalue weighted by Crippen LogP contribution is 2.45. The van der Waals surface area contributed by atoms with Crippen LogP contribution < -0.4 is 19.9 Å². The van der Waals surface area contributed by atoms with Crippen LogP contribution in [0, 0.1) is 0 Å². The lowest BCUT2D eigenvalue weighted by molar-refractivity contribution is 0.104. The summed E-state index contributed by atoms with van der Waals surface area (Å²) >= 11 is 0. The Morgan fingerprint density at radius 2 is 1.87 bits per heavy atom. The van der Waals surface area contributed by atoms with E-state index in [2.05, 4.69) is 18.0 Å². The molecule has 0 unspecified atom stereocenters. The summed E-state index contributed by atoms with van der Waals surface area (Å²) in [5.41, 5.74) is 9.61. The topological polar surface area (TPSA) is 74.0 Å². The van der Waals surface area contributed by atoms with Gasteiger partial charge in [0, 0.05) is 30.4 Å². The molecule has 0 bridgehead atoms. The lowest BCUT2D eigenvalue weighted by Crippen LogP contribution is -2.24. The van der Waals surface area contributed by atoms with Crippen molar-refractivity contribution >= 4 is 23.1 Å². The average molecular weight is 408 g/mol. The van der Waals surface area contributed by atoms with E-state index >= 15 is 0 Å². The second kappa shape index (κ2) is 9.50. The van der Waals surface area contributed by atoms with Crippen LogP contribution in [0.2, 0.25) is 0 Å². The van der Waals surface area contributed by atoms with E-state index in [-0.39, 0.29) is 5.78 Å². The highest BCUT2D eigenvalue weighted by molar-refractivity contribution is 6.07. The second-order valence-electron chi connectivity index (χ2n) is 7.17. The van der Waals surface area contributed by atoms with Crippen molar-refractivity contribution in [1.82, 2.24) is 4.90 Å². The number of rotatable bonds is 7. The van der Waals surface area contributed by atoms with E-state index in [9.17, 15) is 4.79 Å². The van der Waals surface area contributed by atoms with Crippen LogP contribution in [0.1, 0.15) is 27.9 Å². The smallest absolute Gasteiger partial charge is 0.185 e. The number of allylic oxidation sites excluding steroid dienone is 1. The van der Waals surface area contributed by atoms with Gasteiger partial charge in [-0.1, -0.05) is 18.2 Å². The molecule has 2 N–H and O–H groups in total. The first-order chi connectivity index (χ1) is 14.5. The van der Waals surface area contributed by atoms with Crippen LogP contribution in [0.5, 0.6) is 17.2 Å². The molecular formula is C24H28N2O4. The van der Waals surface area contributed by atoms with Gasteiger partial charge in [0.05, 0.1) is 32.5 Å². The number of hydrogen-bond donors (Lipinski definition) is 1. The van der Waals surface area contributed by atoms with Gasteiger partial charge in [0.25, 0.3) is 0 Å². The summed E-state index contributed by atoms with van der Waals surface area (Å²) < 4.78 is 17.0. The summed E-state index contributed by atoms with van der Waals surface area (Å²) in [4.78, 5) is 14.9. The highest BCUT2D eigenvalue weighted by atomic mass is 16.5. The monoisotopic (exact) mass is 408 g/mol. The molecular weight excluding hydrogens is 380 g/mol. The van der Waals surface area contributed by atoms with Gasteiger partial charge in [-0.15, -0.1) is 0 Å². The molecule has 30 heavy (non-hydrogen) atoms. The van der Waals surface area contributed by atoms with Crippen molar-refractivity contribution in [2.24, 2.45) is 0 Å². The van der Waals surface area contributed by atoms with Crippen LogP contribution in [0.15, 0.2) is 42.5 Å². The Hall–Kier alpha value is -3.25. The number of anilines is 1. The van der Waals surface area contributed by atoms with Gasteiger partial charge in [-0.25, -0.2) is 0 Å². The average Bonchev–Trinajstić information content (AvgIpc) is 2.76. The van der Waals surface area contributed by atoms with Crippen molar-refractivity contribution in [2.45, 2.75) is 6.42 Å². The lowest BCUT2D eigenvalue weighted by Gasteiger charge is -2.25. The third-order valence-corrected chi connectivity index (χ3v) is 5.20. The van der Waals surface area contributed by atoms with E-state index < -0.39 is 0 Å². The van der Waals surface area contributed by atoms with Crippen LogP contribution in [0.25, 0.3) is 11.6 Å². The number of methoxy groups -OCH3 is 3. The maximum atomic E-state index is 12.6. The van der Waals surface area contributed by atoms with Gasteiger partial charge in [0.15, 0.2) is 5.78 Å². The van der Waals surface area contributed by atoms with Crippen LogP contribution in [-0.2, 0) is 0 Å². The van der Waals surface area contributed by atoms with Gasteiger partial charge >= 0.3 is 0 Å². The first-order valence-electron chi connectivity index (χ1n) is 9.77. The maximum Gasteiger partial charge on any atom is 0.185 e. The first-order valence-corrected chi connectivity index (χ1v) is 9.77. The van der Waals surface area contributed by atoms with Crippen molar-refractivity contribution in [3.8, 4) is 17.2 Å². The normalized spacial score (nSPS) is 14.5. The third kappa shape index (κ3) is 4.49. The molecule has 0 amide bonds. The number of carbonyl (C=O) groups excluding carboxylic acids is 1. The zero-order valence-electron chi connectivity index (χ0n) is 17.9. The van der Waals surface area contributed by atoms with Gasteiger partial charge in [-0.3, -0.25) is 4.79 Å². The molecule has 2 aromatic carbocycles. The molecule has 0 atom stereocenters. The molecule has 6 nitrogen and oxygen atoms in total. The lowest BCUT2D eigenvalue weighted by atomic mass is 9.94. The van der Waals surface area contributed by atoms with Gasteiger partial charge in [0.1, 0.15) is 17.2 Å². The molecule has 0 fully saturated rings. The molecule has 0 radical (unpaired) electrons. The highest BCUT2D eigenvalue weighted by Gasteiger charge is 2.23. The quantitative estimate of drug-likeness (QED) is 0.425. The summed E-state index contributed by atoms with van der Waals surface area (Å²) in [6, 6.07) is 8.74. The van der Waals surface area contributed by atoms with Crippen LogP contribution in [0.3, 0.4) is 0 Å². The largest absolute Gasteiger partial charge is 0.496 e. The van der Waals surface area contributed by atoms with Crippen LogP contribution >= 0.6 is 0 Å². The van der Waals surface area contributed by atoms with E-state index in [1.165, 1.54) is 6.08 Å². The molecule has 0 saturated carbocycles. The number of carbonyl (C=O) groups is 1. The standard InChI is InChI=1S/C24H28N2O4/c1-26-12-10-16(11-13-26)23-22(29-3)15-21(28-2)19(24(23)30-4)8-9-20(27)17-6-5-7-18(25)14-17/h5-10,14-15H,11-13,25H2,1-4H3/b9-8+. The zero-order valence-corrected chi connectivity index (χ0v) is 17.9. The molecule has 1 aliphatic rings. The number of hydrogen-bond acceptors (Lipinski definition) is 6. The number of nitrogens with zero attached hydrogens (tertiary/aromatic N) is 1. The van der Waals surface area contributed by atoms with Crippen LogP contribution in [0.4, 0.5) is 5.69 Å². The molecule has 6 heteroatoms. The Kier molecular flexibility index (Phi) is 6.79. The predicted octanol–water partition coefficient (Wildman–Crippen LogP) is 3.91. The fraction of sp³-hybridized carbons (Fsp3) is 0.292. The Labute approximate surface area is 177 Å². The summed E-state index contributed by atoms with van der Waals surface area (Å²) in [7, 11) is 6.92. The molecule has 158 valence electrons. The SMILES string of the molecule is COc1cc(OC)c(C2=CCN(C)CC2)c(OC)c1/C=C/C(=O)c1cccc(N)c1. The Morgan fingerprint density at radius 1 is 1.10 bits per heavy atom. The van der Waals surface area contributed by atoms with Crippen molar-refractivity contribution in [2.75, 3.05) is 47.2 Å². The van der Waals surface area contributed by atoms with Crippen LogP contribution in [-0.4, -0.2) is 52.1 Å². The molecule has 0 saturated heterocycles. The molecule has 3 rings (SSSR count). The zero-order chi connectivity index (χ0) is 21.7. The van der Waals surface area contributed by atoms with Crippen molar-refractivity contribution in [3.63, 3.8) is 0 Å². The molecule has 0 aliphatic carbocycles. The fourth-order valence-corrected chi connectivity index (χ4v) is 3.58. The Morgan fingerprint density at radius 3 is 2.47 bits per heavy atom. The minimum Gasteiger partial charge on any atom is -0.496 e. The molecule has 0 aromatic heterocycles. The molecule has 2 aromatic rings. The molecule has 0 spiro atoms. The maximum absolute atomic E-state index is 12.6. The van der Waals surface area contributed by atoms with Gasteiger partial charge in [0.2, 0.25) is 0 Å². The number of ether oxygens (including phenoxy) is 3. The van der Waals surface area contributed by atoms with Crippen molar-refractivity contribution in [3.05, 3.63) is 59.2 Å². The summed E-state index contributed by atoms with van der Waals surface area (Å²) in [5.74, 6) is 1.72. The minimum atomic E-state index is -0.151. The van der Waals surface area contributed by atoms with Gasteiger partial charge in [-0.2, -0.15) is 0 Å². The first kappa shape index (κ1) is 21.5. The molecule has 1 aliphatic heterocycles. The van der Waals surface area contributed by atoms with E-state index in [0.717, 1.165) is 30.6 Å². The van der Waals surface area contributed by atoms with Gasteiger partial charge in [-0.05, 0) is 43.3 Å². The number of benzene rings is 2. The Bertz CT molecular complexity index is 995. The van der Waals surface area contributed by atoms with E-state index in [1.807, 2.05) is 6.07 Å². The van der Waals surface area contributed by atoms with E-state index in [0.29, 0.717) is 34.1 Å². The van der Waals surface area contributed by atoms with E-state index in [4.69, 9.17) is 19.9 Å². The third-order valence-electron chi connectivity index (χ3n) is 5.20. The number of ketones is 1. The second-order valence-corrected chi connectivity index (χ2v) is 7.17. The number of nitrogens with two attached hydrogens (primary N) is 1. The summed E-state index contributed by atoms with van der Waals surface area (Å²) in [6.45, 7) is 1.80. The minimum absolute atomic E-state index is 0.151. The summed E-state index contributed by atoms with van der Waals surface area (Å²) in [5, 5.41) is 0. The fourth-order valence-electron chi connectivity index (χ4n) is 3.58. The predicted molar refractivity (Wildman–Crippen MR) is 120 cm³/mol. The Balaban J connectivity index is 2.09. The number of nitrogen functional groups attached to an aromatic ring is 1. The van der Waals surface area contributed by atoms with Gasteiger partial charge < -0.3 is 24.8 Å².